The van der Waals surface area contributed by atoms with Crippen molar-refractivity contribution in [2.75, 3.05) is 6.61 Å². The highest BCUT2D eigenvalue weighted by molar-refractivity contribution is 5.76. The first-order chi connectivity index (χ1) is 4.25. The van der Waals surface area contributed by atoms with E-state index >= 15 is 0 Å². The number of rotatable bonds is 2. The number of carbonyl (C=O) groups excluding carboxylic acids is 1. The molecule has 0 aromatic heterocycles. The zero-order valence-corrected chi connectivity index (χ0v) is 5.26. The Morgan fingerprint density at radius 3 is 2.78 bits per heavy atom. The van der Waals surface area contributed by atoms with Gasteiger partial charge in [0.05, 0.1) is 12.5 Å². The molecule has 0 saturated heterocycles. The summed E-state index contributed by atoms with van der Waals surface area (Å²) in [5.41, 5.74) is 0. The minimum Gasteiger partial charge on any atom is -0.466 e. The van der Waals surface area contributed by atoms with Crippen LogP contribution in [0.2, 0.25) is 0 Å². The Bertz CT molecular complexity index is 124. The van der Waals surface area contributed by atoms with Gasteiger partial charge in [0, 0.05) is 0 Å². The van der Waals surface area contributed by atoms with E-state index in [1.807, 2.05) is 0 Å². The Morgan fingerprint density at radius 2 is 2.44 bits per heavy atom. The molecule has 9 heavy (non-hydrogen) atoms. The fourth-order valence-corrected chi connectivity index (χ4v) is 0.657. The molecule has 0 radical (unpaired) electrons. The number of carbonyl (C=O) groups is 1. The normalized spacial score (nSPS) is 31.8. The number of halogens is 1. The maximum atomic E-state index is 12.0. The van der Waals surface area contributed by atoms with Crippen LogP contribution >= 0.6 is 0 Å². The predicted octanol–water partition coefficient (Wildman–Crippen LogP) is 0.908. The average molecular weight is 132 g/mol. The molecule has 1 aliphatic rings. The number of alkyl halides is 1. The predicted molar refractivity (Wildman–Crippen MR) is 29.6 cm³/mol. The fraction of sp³-hybridized carbons (Fsp3) is 0.833. The van der Waals surface area contributed by atoms with Gasteiger partial charge < -0.3 is 4.74 Å². The Kier molecular flexibility index (Phi) is 1.69. The standard InChI is InChI=1S/C6H9FO2/c1-2-9-6(8)4-3-5(4)7/h4-5H,2-3H2,1H3/t4-,5?/m0/s1. The third-order valence-electron chi connectivity index (χ3n) is 1.30. The molecule has 0 bridgehead atoms. The van der Waals surface area contributed by atoms with Crippen LogP contribution in [-0.2, 0) is 9.53 Å². The second-order valence-electron chi connectivity index (χ2n) is 2.11. The SMILES string of the molecule is CCOC(=O)[C@H]1CC1F. The molecule has 0 spiro atoms. The van der Waals surface area contributed by atoms with E-state index in [9.17, 15) is 9.18 Å². The lowest BCUT2D eigenvalue weighted by Gasteiger charge is -1.95. The second kappa shape index (κ2) is 2.33. The largest absolute Gasteiger partial charge is 0.466 e. The van der Waals surface area contributed by atoms with Crippen LogP contribution in [0.5, 0.6) is 0 Å². The van der Waals surface area contributed by atoms with Gasteiger partial charge in [-0.05, 0) is 13.3 Å². The summed E-state index contributed by atoms with van der Waals surface area (Å²) in [6, 6.07) is 0. The van der Waals surface area contributed by atoms with Crippen LogP contribution in [0, 0.1) is 5.92 Å². The molecule has 0 N–H and O–H groups in total. The van der Waals surface area contributed by atoms with Crippen LogP contribution in [0.4, 0.5) is 4.39 Å². The van der Waals surface area contributed by atoms with Crippen LogP contribution < -0.4 is 0 Å². The Morgan fingerprint density at radius 1 is 1.89 bits per heavy atom. The van der Waals surface area contributed by atoms with Gasteiger partial charge in [-0.25, -0.2) is 4.39 Å². The average Bonchev–Trinajstić information content (AvgIpc) is 2.47. The monoisotopic (exact) mass is 132 g/mol. The van der Waals surface area contributed by atoms with Crippen molar-refractivity contribution in [3.05, 3.63) is 0 Å². The van der Waals surface area contributed by atoms with E-state index in [0.29, 0.717) is 13.0 Å². The van der Waals surface area contributed by atoms with Crippen LogP contribution in [0.25, 0.3) is 0 Å². The summed E-state index contributed by atoms with van der Waals surface area (Å²) in [6.45, 7) is 2.07. The molecule has 1 fully saturated rings. The van der Waals surface area contributed by atoms with Gasteiger partial charge in [0.2, 0.25) is 0 Å². The highest BCUT2D eigenvalue weighted by Gasteiger charge is 2.44. The Hall–Kier alpha value is -0.600. The van der Waals surface area contributed by atoms with Crippen molar-refractivity contribution in [1.82, 2.24) is 0 Å². The molecule has 0 amide bonds. The molecule has 2 atom stereocenters. The van der Waals surface area contributed by atoms with Crippen LogP contribution in [0.15, 0.2) is 0 Å². The molecule has 1 saturated carbocycles. The maximum Gasteiger partial charge on any atom is 0.311 e. The molecule has 1 unspecified atom stereocenters. The smallest absolute Gasteiger partial charge is 0.311 e. The van der Waals surface area contributed by atoms with Crippen molar-refractivity contribution < 1.29 is 13.9 Å². The third kappa shape index (κ3) is 1.40. The first-order valence-corrected chi connectivity index (χ1v) is 3.06. The van der Waals surface area contributed by atoms with Gasteiger partial charge in [0.25, 0.3) is 0 Å². The molecule has 2 nitrogen and oxygen atoms in total. The molecule has 1 aliphatic carbocycles. The van der Waals surface area contributed by atoms with Crippen molar-refractivity contribution in [2.24, 2.45) is 5.92 Å². The van der Waals surface area contributed by atoms with Gasteiger partial charge in [-0.2, -0.15) is 0 Å². The van der Waals surface area contributed by atoms with Gasteiger partial charge in [0.15, 0.2) is 0 Å². The summed E-state index contributed by atoms with van der Waals surface area (Å²) in [7, 11) is 0. The van der Waals surface area contributed by atoms with E-state index in [2.05, 4.69) is 4.74 Å². The van der Waals surface area contributed by atoms with Gasteiger partial charge in [-0.1, -0.05) is 0 Å². The van der Waals surface area contributed by atoms with Gasteiger partial charge in [-0.3, -0.25) is 4.79 Å². The second-order valence-corrected chi connectivity index (χ2v) is 2.11. The van der Waals surface area contributed by atoms with E-state index in [4.69, 9.17) is 0 Å². The number of esters is 1. The zero-order chi connectivity index (χ0) is 6.85. The molecule has 0 aromatic rings. The Balaban J connectivity index is 2.20. The zero-order valence-electron chi connectivity index (χ0n) is 5.26. The number of hydrogen-bond donors (Lipinski definition) is 0. The van der Waals surface area contributed by atoms with Gasteiger partial charge >= 0.3 is 5.97 Å². The topological polar surface area (TPSA) is 26.3 Å². The van der Waals surface area contributed by atoms with E-state index in [0.717, 1.165) is 0 Å². The summed E-state index contributed by atoms with van der Waals surface area (Å²) >= 11 is 0. The molecule has 0 aromatic carbocycles. The lowest BCUT2D eigenvalue weighted by atomic mass is 10.4. The lowest BCUT2D eigenvalue weighted by Crippen LogP contribution is -2.07. The van der Waals surface area contributed by atoms with Crippen LogP contribution in [0.1, 0.15) is 13.3 Å². The van der Waals surface area contributed by atoms with Crippen LogP contribution in [0.3, 0.4) is 0 Å². The number of ether oxygens (including phenoxy) is 1. The summed E-state index contributed by atoms with van der Waals surface area (Å²) < 4.78 is 16.6. The van der Waals surface area contributed by atoms with Crippen molar-refractivity contribution in [3.63, 3.8) is 0 Å². The molecular formula is C6H9FO2. The van der Waals surface area contributed by atoms with Gasteiger partial charge in [-0.15, -0.1) is 0 Å². The van der Waals surface area contributed by atoms with E-state index in [1.165, 1.54) is 0 Å². The molecular weight excluding hydrogens is 123 g/mol. The highest BCUT2D eigenvalue weighted by atomic mass is 19.1. The minimum atomic E-state index is -0.927. The summed E-state index contributed by atoms with van der Waals surface area (Å²) in [6.07, 6.45) is -0.567. The first-order valence-electron chi connectivity index (χ1n) is 3.06. The quantitative estimate of drug-likeness (QED) is 0.522. The minimum absolute atomic E-state index is 0.349. The summed E-state index contributed by atoms with van der Waals surface area (Å²) in [5, 5.41) is 0. The van der Waals surface area contributed by atoms with Crippen molar-refractivity contribution >= 4 is 5.97 Å². The lowest BCUT2D eigenvalue weighted by molar-refractivity contribution is -0.145. The fourth-order valence-electron chi connectivity index (χ4n) is 0.657. The van der Waals surface area contributed by atoms with E-state index in [1.54, 1.807) is 6.92 Å². The molecule has 0 aliphatic heterocycles. The van der Waals surface area contributed by atoms with Gasteiger partial charge in [0.1, 0.15) is 6.17 Å². The first kappa shape index (κ1) is 6.52. The Labute approximate surface area is 53.0 Å². The highest BCUT2D eigenvalue weighted by Crippen LogP contribution is 2.34. The number of hydrogen-bond acceptors (Lipinski definition) is 2. The molecule has 52 valence electrons. The van der Waals surface area contributed by atoms with Crippen LogP contribution in [-0.4, -0.2) is 18.7 Å². The van der Waals surface area contributed by atoms with Crippen molar-refractivity contribution in [2.45, 2.75) is 19.5 Å². The van der Waals surface area contributed by atoms with E-state index in [-0.39, 0.29) is 5.97 Å². The third-order valence-corrected chi connectivity index (χ3v) is 1.30. The molecule has 0 heterocycles. The molecule has 3 heteroatoms. The summed E-state index contributed by atoms with van der Waals surface area (Å²) in [4.78, 5) is 10.6. The maximum absolute atomic E-state index is 12.0. The summed E-state index contributed by atoms with van der Waals surface area (Å²) in [5.74, 6) is -0.824. The van der Waals surface area contributed by atoms with Crippen molar-refractivity contribution in [3.8, 4) is 0 Å². The van der Waals surface area contributed by atoms with E-state index < -0.39 is 12.1 Å². The van der Waals surface area contributed by atoms with Crippen molar-refractivity contribution in [1.29, 1.82) is 0 Å². The molecule has 1 rings (SSSR count).